The lowest BCUT2D eigenvalue weighted by atomic mass is 10.1. The third kappa shape index (κ3) is 6.92. The largest absolute Gasteiger partial charge is 0.382 e. The van der Waals surface area contributed by atoms with Crippen LogP contribution in [0.25, 0.3) is 0 Å². The third-order valence-corrected chi connectivity index (χ3v) is 5.31. The Balaban J connectivity index is 1.98. The van der Waals surface area contributed by atoms with E-state index in [9.17, 15) is 4.79 Å². The summed E-state index contributed by atoms with van der Waals surface area (Å²) in [6.07, 6.45) is 0.914. The van der Waals surface area contributed by atoms with Gasteiger partial charge in [0.15, 0.2) is 5.96 Å². The van der Waals surface area contributed by atoms with Gasteiger partial charge >= 0.3 is 0 Å². The second-order valence-corrected chi connectivity index (χ2v) is 7.60. The summed E-state index contributed by atoms with van der Waals surface area (Å²) < 4.78 is 5.41. The van der Waals surface area contributed by atoms with Crippen LogP contribution in [0.1, 0.15) is 24.5 Å². The van der Waals surface area contributed by atoms with Crippen molar-refractivity contribution >= 4 is 17.6 Å². The van der Waals surface area contributed by atoms with Crippen LogP contribution in [-0.4, -0.2) is 88.2 Å². The fourth-order valence-corrected chi connectivity index (χ4v) is 3.31. The van der Waals surface area contributed by atoms with Crippen molar-refractivity contribution in [3.05, 3.63) is 29.3 Å². The van der Waals surface area contributed by atoms with Crippen LogP contribution in [0.5, 0.6) is 0 Å². The lowest BCUT2D eigenvalue weighted by molar-refractivity contribution is -0.127. The second kappa shape index (κ2) is 11.7. The number of hydrogen-bond donors (Lipinski definition) is 1. The van der Waals surface area contributed by atoms with Crippen LogP contribution >= 0.6 is 0 Å². The average molecular weight is 404 g/mol. The maximum atomic E-state index is 12.0. The molecule has 1 aromatic rings. The highest BCUT2D eigenvalue weighted by Crippen LogP contribution is 2.23. The van der Waals surface area contributed by atoms with Crippen LogP contribution in [0.2, 0.25) is 0 Å². The predicted molar refractivity (Wildman–Crippen MR) is 120 cm³/mol. The van der Waals surface area contributed by atoms with E-state index in [0.717, 1.165) is 58.3 Å². The number of benzene rings is 1. The highest BCUT2D eigenvalue weighted by Gasteiger charge is 2.21. The van der Waals surface area contributed by atoms with Crippen LogP contribution < -0.4 is 10.2 Å². The summed E-state index contributed by atoms with van der Waals surface area (Å²) in [4.78, 5) is 22.9. The molecule has 1 heterocycles. The molecule has 0 atom stereocenters. The van der Waals surface area contributed by atoms with Gasteiger partial charge in [-0.05, 0) is 44.4 Å². The molecule has 7 heteroatoms. The molecular weight excluding hydrogens is 366 g/mol. The van der Waals surface area contributed by atoms with Crippen molar-refractivity contribution in [3.63, 3.8) is 0 Å². The number of anilines is 1. The fourth-order valence-electron chi connectivity index (χ4n) is 3.31. The van der Waals surface area contributed by atoms with E-state index in [1.807, 2.05) is 6.92 Å². The van der Waals surface area contributed by atoms with Gasteiger partial charge in [-0.15, -0.1) is 0 Å². The first kappa shape index (κ1) is 23.0. The van der Waals surface area contributed by atoms with Gasteiger partial charge in [-0.1, -0.05) is 12.1 Å². The van der Waals surface area contributed by atoms with E-state index < -0.39 is 0 Å². The summed E-state index contributed by atoms with van der Waals surface area (Å²) >= 11 is 0. The Kier molecular flexibility index (Phi) is 9.25. The first-order valence-electron chi connectivity index (χ1n) is 10.6. The molecule has 0 unspecified atom stereocenters. The number of aliphatic imine (C=N–C) groups is 1. The molecule has 0 spiro atoms. The molecule has 29 heavy (non-hydrogen) atoms. The van der Waals surface area contributed by atoms with Crippen molar-refractivity contribution in [1.29, 1.82) is 0 Å². The summed E-state index contributed by atoms with van der Waals surface area (Å²) in [5.41, 5.74) is 3.99. The normalized spacial score (nSPS) is 14.9. The number of nitrogens with one attached hydrogen (secondary N) is 1. The van der Waals surface area contributed by atoms with Gasteiger partial charge in [0.2, 0.25) is 5.91 Å². The number of rotatable bonds is 8. The number of piperazine rings is 1. The molecule has 7 nitrogen and oxygen atoms in total. The molecular formula is C22H37N5O2. The Morgan fingerprint density at radius 2 is 1.93 bits per heavy atom. The minimum Gasteiger partial charge on any atom is -0.382 e. The molecule has 1 amide bonds. The summed E-state index contributed by atoms with van der Waals surface area (Å²) in [5, 5.41) is 3.42. The molecule has 1 aliphatic heterocycles. The number of amides is 1. The topological polar surface area (TPSA) is 60.4 Å². The Bertz CT molecular complexity index is 682. The number of guanidine groups is 1. The van der Waals surface area contributed by atoms with Crippen LogP contribution in [0.15, 0.2) is 23.2 Å². The molecule has 2 rings (SSSR count). The molecule has 1 fully saturated rings. The van der Waals surface area contributed by atoms with Gasteiger partial charge < -0.3 is 24.8 Å². The van der Waals surface area contributed by atoms with Crippen LogP contribution in [-0.2, 0) is 9.53 Å². The summed E-state index contributed by atoms with van der Waals surface area (Å²) in [6, 6.07) is 6.49. The Hall–Kier alpha value is -2.28. The monoisotopic (exact) mass is 403 g/mol. The molecule has 1 aliphatic rings. The van der Waals surface area contributed by atoms with E-state index in [4.69, 9.17) is 4.74 Å². The number of nitrogens with zero attached hydrogens (tertiary/aromatic N) is 4. The molecule has 0 radical (unpaired) electrons. The van der Waals surface area contributed by atoms with Crippen molar-refractivity contribution in [1.82, 2.24) is 15.1 Å². The predicted octanol–water partition coefficient (Wildman–Crippen LogP) is 1.89. The highest BCUT2D eigenvalue weighted by molar-refractivity contribution is 5.85. The molecule has 0 aromatic heterocycles. The minimum atomic E-state index is 0.00707. The quantitative estimate of drug-likeness (QED) is 0.408. The van der Waals surface area contributed by atoms with Crippen LogP contribution in [0.3, 0.4) is 0 Å². The zero-order valence-electron chi connectivity index (χ0n) is 18.7. The van der Waals surface area contributed by atoms with Gasteiger partial charge in [0.25, 0.3) is 0 Å². The van der Waals surface area contributed by atoms with E-state index in [1.165, 1.54) is 16.8 Å². The first-order valence-corrected chi connectivity index (χ1v) is 10.6. The van der Waals surface area contributed by atoms with E-state index >= 15 is 0 Å². The summed E-state index contributed by atoms with van der Waals surface area (Å²) in [5.74, 6) is 0.824. The Morgan fingerprint density at radius 3 is 2.59 bits per heavy atom. The molecule has 1 aromatic carbocycles. The molecule has 1 saturated heterocycles. The minimum absolute atomic E-state index is 0.00707. The second-order valence-electron chi connectivity index (χ2n) is 7.60. The van der Waals surface area contributed by atoms with Gasteiger partial charge in [0.05, 0.1) is 0 Å². The van der Waals surface area contributed by atoms with E-state index in [-0.39, 0.29) is 12.5 Å². The number of hydrogen-bond acceptors (Lipinski definition) is 4. The maximum Gasteiger partial charge on any atom is 0.243 e. The smallest absolute Gasteiger partial charge is 0.243 e. The highest BCUT2D eigenvalue weighted by atomic mass is 16.5. The number of aryl methyl sites for hydroxylation is 1. The van der Waals surface area contributed by atoms with Crippen molar-refractivity contribution < 1.29 is 9.53 Å². The number of ether oxygens (including phenoxy) is 1. The standard InChI is InChI=1S/C22H37N5O2/c1-6-29-16-8-11-23-22(24-17-21(28)25(4)5)27-14-12-26(13-15-27)20-10-7-9-18(2)19(20)3/h7,9-10H,6,8,11-17H2,1-5H3,(H,23,24). The summed E-state index contributed by atoms with van der Waals surface area (Å²) in [7, 11) is 3.52. The van der Waals surface area contributed by atoms with Crippen molar-refractivity contribution in [2.24, 2.45) is 4.99 Å². The Labute approximate surface area is 175 Å². The zero-order chi connectivity index (χ0) is 21.2. The van der Waals surface area contributed by atoms with Crippen LogP contribution in [0.4, 0.5) is 5.69 Å². The van der Waals surface area contributed by atoms with Crippen molar-refractivity contribution in [2.75, 3.05) is 71.5 Å². The summed E-state index contributed by atoms with van der Waals surface area (Å²) in [6.45, 7) is 12.4. The number of likely N-dealkylation sites (N-methyl/N-ethyl adjacent to an activating group) is 1. The number of carbonyl (C=O) groups is 1. The fraction of sp³-hybridized carbons (Fsp3) is 0.636. The average Bonchev–Trinajstić information content (AvgIpc) is 2.72. The zero-order valence-corrected chi connectivity index (χ0v) is 18.7. The van der Waals surface area contributed by atoms with E-state index in [2.05, 4.69) is 52.2 Å². The van der Waals surface area contributed by atoms with Crippen molar-refractivity contribution in [2.45, 2.75) is 27.2 Å². The number of carbonyl (C=O) groups excluding carboxylic acids is 1. The molecule has 0 bridgehead atoms. The van der Waals surface area contributed by atoms with Gasteiger partial charge in [-0.3, -0.25) is 4.79 Å². The van der Waals surface area contributed by atoms with Crippen LogP contribution in [0, 0.1) is 13.8 Å². The SMILES string of the molecule is CCOCCCNC(=NCC(=O)N(C)C)N1CCN(c2cccc(C)c2C)CC1. The van der Waals surface area contributed by atoms with E-state index in [1.54, 1.807) is 19.0 Å². The van der Waals surface area contributed by atoms with E-state index in [0.29, 0.717) is 0 Å². The molecule has 0 aliphatic carbocycles. The first-order chi connectivity index (χ1) is 13.9. The van der Waals surface area contributed by atoms with Crippen molar-refractivity contribution in [3.8, 4) is 0 Å². The van der Waals surface area contributed by atoms with Gasteiger partial charge in [-0.2, -0.15) is 0 Å². The van der Waals surface area contributed by atoms with Gasteiger partial charge in [0, 0.05) is 65.7 Å². The maximum absolute atomic E-state index is 12.0. The lowest BCUT2D eigenvalue weighted by Crippen LogP contribution is -2.53. The third-order valence-electron chi connectivity index (χ3n) is 5.31. The Morgan fingerprint density at radius 1 is 1.21 bits per heavy atom. The molecule has 162 valence electrons. The molecule has 0 saturated carbocycles. The van der Waals surface area contributed by atoms with Gasteiger partial charge in [0.1, 0.15) is 6.54 Å². The molecule has 1 N–H and O–H groups in total. The van der Waals surface area contributed by atoms with Gasteiger partial charge in [-0.25, -0.2) is 4.99 Å². The lowest BCUT2D eigenvalue weighted by Gasteiger charge is -2.38.